The molecule has 0 saturated carbocycles. The molecule has 0 bridgehead atoms. The van der Waals surface area contributed by atoms with Crippen molar-refractivity contribution in [3.63, 3.8) is 0 Å². The number of nitrogens with two attached hydrogens (primary N) is 1. The van der Waals surface area contributed by atoms with Crippen LogP contribution in [-0.4, -0.2) is 23.8 Å². The van der Waals surface area contributed by atoms with Crippen molar-refractivity contribution < 1.29 is 12.8 Å². The van der Waals surface area contributed by atoms with Crippen LogP contribution in [0.3, 0.4) is 0 Å². The van der Waals surface area contributed by atoms with Crippen LogP contribution in [0.1, 0.15) is 20.8 Å². The molecular formula is C13H24N2O3SSi. The third kappa shape index (κ3) is 3.53. The van der Waals surface area contributed by atoms with Gasteiger partial charge in [0.25, 0.3) is 8.32 Å². The van der Waals surface area contributed by atoms with Crippen LogP contribution >= 0.6 is 0 Å². The van der Waals surface area contributed by atoms with Crippen molar-refractivity contribution in [3.8, 4) is 5.75 Å². The maximum atomic E-state index is 12.1. The molecule has 1 aromatic carbocycles. The van der Waals surface area contributed by atoms with Gasteiger partial charge in [-0.2, -0.15) is 0 Å². The van der Waals surface area contributed by atoms with E-state index in [0.29, 0.717) is 11.4 Å². The highest BCUT2D eigenvalue weighted by atomic mass is 32.2. The highest BCUT2D eigenvalue weighted by Gasteiger charge is 2.40. The minimum Gasteiger partial charge on any atom is -0.543 e. The van der Waals surface area contributed by atoms with E-state index < -0.39 is 18.3 Å². The Morgan fingerprint density at radius 2 is 1.80 bits per heavy atom. The second-order valence-corrected chi connectivity index (χ2v) is 12.9. The highest BCUT2D eigenvalue weighted by molar-refractivity contribution is 7.89. The van der Waals surface area contributed by atoms with E-state index in [1.807, 2.05) is 0 Å². The first-order valence-electron chi connectivity index (χ1n) is 6.43. The van der Waals surface area contributed by atoms with Crippen LogP contribution in [0.15, 0.2) is 23.1 Å². The second kappa shape index (κ2) is 5.38. The largest absolute Gasteiger partial charge is 0.543 e. The van der Waals surface area contributed by atoms with Gasteiger partial charge in [0.05, 0.1) is 0 Å². The van der Waals surface area contributed by atoms with Gasteiger partial charge in [0.2, 0.25) is 10.0 Å². The van der Waals surface area contributed by atoms with Gasteiger partial charge in [0.1, 0.15) is 10.6 Å². The van der Waals surface area contributed by atoms with Gasteiger partial charge < -0.3 is 10.2 Å². The van der Waals surface area contributed by atoms with Crippen molar-refractivity contribution in [3.05, 3.63) is 18.2 Å². The zero-order valence-electron chi connectivity index (χ0n) is 12.9. The molecule has 0 fully saturated rings. The van der Waals surface area contributed by atoms with Crippen LogP contribution in [-0.2, 0) is 10.0 Å². The van der Waals surface area contributed by atoms with Crippen LogP contribution in [0.4, 0.5) is 5.69 Å². The van der Waals surface area contributed by atoms with Gasteiger partial charge in [-0.3, -0.25) is 0 Å². The van der Waals surface area contributed by atoms with E-state index >= 15 is 0 Å². The molecule has 20 heavy (non-hydrogen) atoms. The topological polar surface area (TPSA) is 81.4 Å². The average Bonchev–Trinajstić information content (AvgIpc) is 2.29. The predicted octanol–water partition coefficient (Wildman–Crippen LogP) is 2.56. The number of hydrogen-bond donors (Lipinski definition) is 2. The summed E-state index contributed by atoms with van der Waals surface area (Å²) in [7, 11) is -4.35. The zero-order valence-corrected chi connectivity index (χ0v) is 14.8. The second-order valence-electron chi connectivity index (χ2n) is 6.28. The maximum Gasteiger partial charge on any atom is 0.250 e. The Hall–Kier alpha value is -1.05. The van der Waals surface area contributed by atoms with Crippen molar-refractivity contribution in [1.82, 2.24) is 4.72 Å². The first-order chi connectivity index (χ1) is 8.90. The molecule has 3 N–H and O–H groups in total. The lowest BCUT2D eigenvalue weighted by atomic mass is 10.2. The van der Waals surface area contributed by atoms with Gasteiger partial charge in [-0.15, -0.1) is 0 Å². The Kier molecular flexibility index (Phi) is 4.57. The summed E-state index contributed by atoms with van der Waals surface area (Å²) in [6, 6.07) is 4.70. The van der Waals surface area contributed by atoms with Gasteiger partial charge in [-0.05, 0) is 43.4 Å². The SMILES string of the molecule is CNS(=O)(=O)c1cc(N)ccc1O[Si](C)(C)C(C)(C)C. The molecule has 0 atom stereocenters. The summed E-state index contributed by atoms with van der Waals surface area (Å²) in [6.07, 6.45) is 0. The van der Waals surface area contributed by atoms with E-state index in [0.717, 1.165) is 0 Å². The number of anilines is 1. The summed E-state index contributed by atoms with van der Waals surface area (Å²) in [6.45, 7) is 10.4. The van der Waals surface area contributed by atoms with Crippen molar-refractivity contribution in [2.24, 2.45) is 0 Å². The Morgan fingerprint density at radius 3 is 2.25 bits per heavy atom. The van der Waals surface area contributed by atoms with Crippen LogP contribution in [0, 0.1) is 0 Å². The number of benzene rings is 1. The molecule has 114 valence electrons. The van der Waals surface area contributed by atoms with Gasteiger partial charge in [-0.1, -0.05) is 20.8 Å². The number of nitrogens with one attached hydrogen (secondary N) is 1. The van der Waals surface area contributed by atoms with E-state index in [4.69, 9.17) is 10.2 Å². The maximum absolute atomic E-state index is 12.1. The van der Waals surface area contributed by atoms with Crippen molar-refractivity contribution in [2.75, 3.05) is 12.8 Å². The van der Waals surface area contributed by atoms with Crippen molar-refractivity contribution >= 4 is 24.0 Å². The minimum absolute atomic E-state index is 0.0188. The number of rotatable bonds is 4. The summed E-state index contributed by atoms with van der Waals surface area (Å²) in [5.74, 6) is 0.361. The fourth-order valence-corrected chi connectivity index (χ4v) is 3.35. The standard InChI is InChI=1S/C13H24N2O3SSi/c1-13(2,3)20(5,6)18-11-8-7-10(14)9-12(11)19(16,17)15-4/h7-9,15H,14H2,1-6H3. The molecule has 5 nitrogen and oxygen atoms in total. The van der Waals surface area contributed by atoms with Gasteiger partial charge in [0.15, 0.2) is 0 Å². The predicted molar refractivity (Wildman–Crippen MR) is 84.9 cm³/mol. The molecule has 0 spiro atoms. The van der Waals surface area contributed by atoms with Gasteiger partial charge in [0, 0.05) is 5.69 Å². The van der Waals surface area contributed by atoms with Crippen molar-refractivity contribution in [1.29, 1.82) is 0 Å². The van der Waals surface area contributed by atoms with Crippen LogP contribution in [0.25, 0.3) is 0 Å². The van der Waals surface area contributed by atoms with Crippen LogP contribution in [0.5, 0.6) is 5.75 Å². The molecule has 0 aliphatic rings. The molecule has 1 aromatic rings. The van der Waals surface area contributed by atoms with Gasteiger partial charge in [-0.25, -0.2) is 13.1 Å². The normalized spacial score (nSPS) is 13.3. The third-order valence-electron chi connectivity index (χ3n) is 3.70. The van der Waals surface area contributed by atoms with Crippen LogP contribution in [0.2, 0.25) is 18.1 Å². The lowest BCUT2D eigenvalue weighted by Gasteiger charge is -2.36. The molecule has 1 rings (SSSR count). The van der Waals surface area contributed by atoms with E-state index in [1.165, 1.54) is 13.1 Å². The van der Waals surface area contributed by atoms with E-state index in [-0.39, 0.29) is 9.93 Å². The fourth-order valence-electron chi connectivity index (χ4n) is 1.36. The number of nitrogen functional groups attached to an aromatic ring is 1. The molecule has 0 saturated heterocycles. The fraction of sp³-hybridized carbons (Fsp3) is 0.538. The summed E-state index contributed by atoms with van der Waals surface area (Å²) in [4.78, 5) is 0.0878. The molecule has 0 amide bonds. The molecule has 0 unspecified atom stereocenters. The van der Waals surface area contributed by atoms with E-state index in [1.54, 1.807) is 12.1 Å². The van der Waals surface area contributed by atoms with Gasteiger partial charge >= 0.3 is 0 Å². The number of hydrogen-bond acceptors (Lipinski definition) is 4. The lowest BCUT2D eigenvalue weighted by molar-refractivity contribution is 0.479. The Labute approximate surface area is 122 Å². The molecule has 0 aromatic heterocycles. The Balaban J connectivity index is 3.34. The first-order valence-corrected chi connectivity index (χ1v) is 10.8. The summed E-state index contributed by atoms with van der Waals surface area (Å²) < 4.78 is 32.6. The molecule has 0 heterocycles. The Morgan fingerprint density at radius 1 is 1.25 bits per heavy atom. The molecule has 0 radical (unpaired) electrons. The summed E-state index contributed by atoms with van der Waals surface area (Å²) >= 11 is 0. The van der Waals surface area contributed by atoms with Crippen LogP contribution < -0.4 is 14.9 Å². The number of sulfonamides is 1. The minimum atomic E-state index is -3.60. The Bertz CT molecular complexity index is 592. The van der Waals surface area contributed by atoms with E-state index in [9.17, 15) is 8.42 Å². The molecule has 7 heteroatoms. The molecular weight excluding hydrogens is 292 g/mol. The summed E-state index contributed by atoms with van der Waals surface area (Å²) in [5, 5.41) is -0.0188. The highest BCUT2D eigenvalue weighted by Crippen LogP contribution is 2.39. The van der Waals surface area contributed by atoms with E-state index in [2.05, 4.69) is 38.6 Å². The summed E-state index contributed by atoms with van der Waals surface area (Å²) in [5.41, 5.74) is 6.08. The molecule has 0 aliphatic heterocycles. The smallest absolute Gasteiger partial charge is 0.250 e. The molecule has 0 aliphatic carbocycles. The quantitative estimate of drug-likeness (QED) is 0.661. The van der Waals surface area contributed by atoms with Crippen molar-refractivity contribution in [2.45, 2.75) is 43.8 Å². The third-order valence-corrected chi connectivity index (χ3v) is 9.48. The first kappa shape index (κ1) is 17.0. The monoisotopic (exact) mass is 316 g/mol. The zero-order chi connectivity index (χ0) is 15.8. The lowest BCUT2D eigenvalue weighted by Crippen LogP contribution is -2.44. The average molecular weight is 316 g/mol.